The van der Waals surface area contributed by atoms with Gasteiger partial charge < -0.3 is 9.84 Å². The minimum atomic E-state index is -0.0990. The van der Waals surface area contributed by atoms with E-state index in [1.54, 1.807) is 5.57 Å². The number of aliphatic hydroxyl groups is 1. The van der Waals surface area contributed by atoms with E-state index in [4.69, 9.17) is 4.74 Å². The molecule has 5 fully saturated rings. The van der Waals surface area contributed by atoms with Crippen molar-refractivity contribution in [1.82, 2.24) is 5.32 Å². The molecule has 0 aromatic carbocycles. The highest BCUT2D eigenvalue weighted by molar-refractivity contribution is 5.26. The van der Waals surface area contributed by atoms with Gasteiger partial charge >= 0.3 is 0 Å². The molecule has 0 amide bonds. The zero-order valence-electron chi connectivity index (χ0n) is 19.6. The van der Waals surface area contributed by atoms with Gasteiger partial charge in [-0.15, -0.1) is 0 Å². The molecule has 4 aliphatic carbocycles. The first-order valence-corrected chi connectivity index (χ1v) is 13.1. The highest BCUT2D eigenvalue weighted by Crippen LogP contribution is 2.69. The molecule has 6 aliphatic rings. The summed E-state index contributed by atoms with van der Waals surface area (Å²) in [6.07, 6.45) is 13.8. The Labute approximate surface area is 183 Å². The van der Waals surface area contributed by atoms with Crippen LogP contribution in [0.1, 0.15) is 85.5 Å². The second-order valence-electron chi connectivity index (χ2n) is 12.7. The number of fused-ring (bicyclic) bond motifs is 7. The molecule has 3 saturated carbocycles. The molecule has 11 unspecified atom stereocenters. The van der Waals surface area contributed by atoms with E-state index in [0.29, 0.717) is 22.9 Å². The van der Waals surface area contributed by atoms with Crippen molar-refractivity contribution in [1.29, 1.82) is 0 Å². The Hall–Kier alpha value is -0.380. The van der Waals surface area contributed by atoms with Crippen LogP contribution in [0.25, 0.3) is 0 Å². The van der Waals surface area contributed by atoms with Crippen LogP contribution in [0, 0.1) is 46.3 Å². The van der Waals surface area contributed by atoms with E-state index in [1.165, 1.54) is 44.9 Å². The first kappa shape index (κ1) is 20.2. The first-order valence-electron chi connectivity index (χ1n) is 13.1. The lowest BCUT2D eigenvalue weighted by Gasteiger charge is -2.56. The first-order chi connectivity index (χ1) is 14.3. The smallest absolute Gasteiger partial charge is 0.122 e. The second kappa shape index (κ2) is 6.58. The number of hydrogen-bond acceptors (Lipinski definition) is 3. The van der Waals surface area contributed by atoms with Crippen molar-refractivity contribution < 1.29 is 9.84 Å². The molecular formula is C27H43NO2. The van der Waals surface area contributed by atoms with Crippen LogP contribution in [0.4, 0.5) is 0 Å². The van der Waals surface area contributed by atoms with Gasteiger partial charge in [0.1, 0.15) is 5.72 Å². The molecule has 0 bridgehead atoms. The fourth-order valence-electron chi connectivity index (χ4n) is 9.70. The highest BCUT2D eigenvalue weighted by Gasteiger charge is 2.69. The molecule has 0 radical (unpaired) electrons. The highest BCUT2D eigenvalue weighted by atomic mass is 16.5. The normalized spacial score (nSPS) is 59.8. The van der Waals surface area contributed by atoms with Gasteiger partial charge in [-0.1, -0.05) is 39.3 Å². The van der Waals surface area contributed by atoms with Gasteiger partial charge in [0.15, 0.2) is 0 Å². The third kappa shape index (κ3) is 2.49. The quantitative estimate of drug-likeness (QED) is 0.530. The molecule has 2 saturated heterocycles. The molecule has 6 rings (SSSR count). The molecule has 11 atom stereocenters. The van der Waals surface area contributed by atoms with E-state index in [2.05, 4.69) is 39.1 Å². The second-order valence-corrected chi connectivity index (χ2v) is 12.7. The summed E-state index contributed by atoms with van der Waals surface area (Å²) in [5.74, 6) is 4.70. The summed E-state index contributed by atoms with van der Waals surface area (Å²) in [7, 11) is 0. The van der Waals surface area contributed by atoms with Crippen LogP contribution in [0.2, 0.25) is 0 Å². The lowest BCUT2D eigenvalue weighted by atomic mass is 9.49. The van der Waals surface area contributed by atoms with Crippen LogP contribution in [0.5, 0.6) is 0 Å². The van der Waals surface area contributed by atoms with Gasteiger partial charge in [0.05, 0.1) is 12.2 Å². The van der Waals surface area contributed by atoms with Crippen LogP contribution in [0.3, 0.4) is 0 Å². The summed E-state index contributed by atoms with van der Waals surface area (Å²) in [5.41, 5.74) is 2.21. The van der Waals surface area contributed by atoms with E-state index in [-0.39, 0.29) is 11.8 Å². The number of allylic oxidation sites excluding steroid dienone is 1. The Kier molecular flexibility index (Phi) is 4.44. The number of piperidine rings is 1. The van der Waals surface area contributed by atoms with E-state index in [1.807, 2.05) is 0 Å². The van der Waals surface area contributed by atoms with Crippen molar-refractivity contribution in [3.8, 4) is 0 Å². The van der Waals surface area contributed by atoms with Crippen molar-refractivity contribution in [3.63, 3.8) is 0 Å². The number of aliphatic hydroxyl groups excluding tert-OH is 1. The number of ether oxygens (including phenoxy) is 1. The van der Waals surface area contributed by atoms with E-state index >= 15 is 0 Å². The van der Waals surface area contributed by atoms with Gasteiger partial charge in [-0.3, -0.25) is 5.32 Å². The SMILES string of the molecule is CC1CCC2(NC1)OC1CC3C4CC=C5CC(O)CCC5(C)C4CCC3C1(C)C2C. The summed E-state index contributed by atoms with van der Waals surface area (Å²) in [6.45, 7) is 11.1. The average Bonchev–Trinajstić information content (AvgIpc) is 3.12. The summed E-state index contributed by atoms with van der Waals surface area (Å²) in [5, 5.41) is 14.1. The zero-order chi connectivity index (χ0) is 20.9. The predicted octanol–water partition coefficient (Wildman–Crippen LogP) is 5.29. The largest absolute Gasteiger partial charge is 0.393 e. The lowest BCUT2D eigenvalue weighted by Crippen LogP contribution is -2.57. The van der Waals surface area contributed by atoms with Gasteiger partial charge in [0.25, 0.3) is 0 Å². The molecule has 3 heteroatoms. The Morgan fingerprint density at radius 2 is 1.83 bits per heavy atom. The maximum absolute atomic E-state index is 10.3. The molecular weight excluding hydrogens is 370 g/mol. The molecule has 2 heterocycles. The Morgan fingerprint density at radius 1 is 1.03 bits per heavy atom. The van der Waals surface area contributed by atoms with Crippen molar-refractivity contribution >= 4 is 0 Å². The van der Waals surface area contributed by atoms with Crippen molar-refractivity contribution in [2.24, 2.45) is 46.3 Å². The third-order valence-electron chi connectivity index (χ3n) is 11.7. The lowest BCUT2D eigenvalue weighted by molar-refractivity contribution is -0.110. The van der Waals surface area contributed by atoms with E-state index in [0.717, 1.165) is 49.0 Å². The minimum Gasteiger partial charge on any atom is -0.393 e. The van der Waals surface area contributed by atoms with Crippen molar-refractivity contribution in [2.75, 3.05) is 6.54 Å². The van der Waals surface area contributed by atoms with Gasteiger partial charge in [0.2, 0.25) is 0 Å². The van der Waals surface area contributed by atoms with Gasteiger partial charge in [-0.05, 0) is 92.8 Å². The molecule has 1 spiro atoms. The monoisotopic (exact) mass is 413 g/mol. The van der Waals surface area contributed by atoms with E-state index < -0.39 is 0 Å². The fraction of sp³-hybridized carbons (Fsp3) is 0.926. The standard InChI is InChI=1S/C27H43NO2/c1-16-9-12-27(28-15-16)17(2)26(4)23-8-7-22-20(21(23)14-24(26)30-27)6-5-18-13-19(29)10-11-25(18,22)3/h5,16-17,19-24,28-29H,6-15H2,1-4H3. The molecule has 3 nitrogen and oxygen atoms in total. The summed E-state index contributed by atoms with van der Waals surface area (Å²) >= 11 is 0. The van der Waals surface area contributed by atoms with Crippen molar-refractivity contribution in [3.05, 3.63) is 11.6 Å². The number of nitrogens with one attached hydrogen (secondary N) is 1. The number of hydrogen-bond donors (Lipinski definition) is 2. The van der Waals surface area contributed by atoms with Gasteiger partial charge in [0, 0.05) is 17.9 Å². The fourth-order valence-corrected chi connectivity index (χ4v) is 9.70. The van der Waals surface area contributed by atoms with Gasteiger partial charge in [-0.25, -0.2) is 0 Å². The molecule has 2 N–H and O–H groups in total. The minimum absolute atomic E-state index is 0.0567. The predicted molar refractivity (Wildman–Crippen MR) is 120 cm³/mol. The molecule has 30 heavy (non-hydrogen) atoms. The van der Waals surface area contributed by atoms with Crippen LogP contribution in [-0.2, 0) is 4.74 Å². The third-order valence-corrected chi connectivity index (χ3v) is 11.7. The Morgan fingerprint density at radius 3 is 2.60 bits per heavy atom. The summed E-state index contributed by atoms with van der Waals surface area (Å²) in [6, 6.07) is 0. The Bertz CT molecular complexity index is 739. The topological polar surface area (TPSA) is 41.5 Å². The zero-order valence-corrected chi connectivity index (χ0v) is 19.6. The van der Waals surface area contributed by atoms with Crippen LogP contribution < -0.4 is 5.32 Å². The molecule has 168 valence electrons. The van der Waals surface area contributed by atoms with Crippen LogP contribution >= 0.6 is 0 Å². The summed E-state index contributed by atoms with van der Waals surface area (Å²) in [4.78, 5) is 0. The average molecular weight is 414 g/mol. The summed E-state index contributed by atoms with van der Waals surface area (Å²) < 4.78 is 7.04. The van der Waals surface area contributed by atoms with Crippen LogP contribution in [0.15, 0.2) is 11.6 Å². The van der Waals surface area contributed by atoms with Crippen LogP contribution in [-0.4, -0.2) is 29.6 Å². The number of rotatable bonds is 0. The maximum atomic E-state index is 10.3. The molecule has 0 aromatic rings. The van der Waals surface area contributed by atoms with Gasteiger partial charge in [-0.2, -0.15) is 0 Å². The maximum Gasteiger partial charge on any atom is 0.122 e. The molecule has 2 aliphatic heterocycles. The van der Waals surface area contributed by atoms with E-state index in [9.17, 15) is 5.11 Å². The van der Waals surface area contributed by atoms with Crippen molar-refractivity contribution in [2.45, 2.75) is 103 Å². The molecule has 0 aromatic heterocycles. The Balaban J connectivity index is 1.28.